The van der Waals surface area contributed by atoms with Gasteiger partial charge in [0.1, 0.15) is 5.75 Å². The number of anilines is 1. The van der Waals surface area contributed by atoms with Crippen LogP contribution in [-0.2, 0) is 4.79 Å². The molecule has 0 heterocycles. The van der Waals surface area contributed by atoms with Gasteiger partial charge in [0, 0.05) is 14.1 Å². The fourth-order valence-electron chi connectivity index (χ4n) is 1.19. The molecule has 98 valence electrons. The first-order valence-corrected chi connectivity index (χ1v) is 5.17. The molecule has 0 saturated heterocycles. The molecule has 0 fully saturated rings. The van der Waals surface area contributed by atoms with Crippen LogP contribution in [0.1, 0.15) is 0 Å². The van der Waals surface area contributed by atoms with Crippen LogP contribution < -0.4 is 15.5 Å². The molecule has 1 rings (SSSR count). The molecule has 0 aromatic heterocycles. The lowest BCUT2D eigenvalue weighted by molar-refractivity contribution is -0.139. The Hall–Kier alpha value is -2.28. The molecule has 0 aliphatic heterocycles. The topological polar surface area (TPSA) is 90.9 Å². The van der Waals surface area contributed by atoms with Crippen molar-refractivity contribution in [2.75, 3.05) is 26.0 Å². The number of nitrogens with zero attached hydrogens (tertiary/aromatic N) is 1. The fourth-order valence-corrected chi connectivity index (χ4v) is 1.19. The number of carboxylic acid groups (broad SMARTS) is 1. The van der Waals surface area contributed by atoms with Crippen LogP contribution in [0.25, 0.3) is 0 Å². The van der Waals surface area contributed by atoms with Gasteiger partial charge in [0.05, 0.1) is 5.69 Å². The maximum absolute atomic E-state index is 11.5. The minimum absolute atomic E-state index is 0.300. The number of carbonyl (C=O) groups is 2. The highest BCUT2D eigenvalue weighted by Gasteiger charge is 2.08. The summed E-state index contributed by atoms with van der Waals surface area (Å²) in [6.45, 7) is -0.464. The zero-order valence-corrected chi connectivity index (χ0v) is 10.1. The number of nitrogens with one attached hydrogen (secondary N) is 2. The van der Waals surface area contributed by atoms with Crippen LogP contribution in [0, 0.1) is 0 Å². The number of carboxylic acids is 1. The molecule has 0 bridgehead atoms. The van der Waals surface area contributed by atoms with Gasteiger partial charge >= 0.3 is 12.0 Å². The van der Waals surface area contributed by atoms with E-state index < -0.39 is 18.6 Å². The van der Waals surface area contributed by atoms with Gasteiger partial charge < -0.3 is 15.2 Å². The summed E-state index contributed by atoms with van der Waals surface area (Å²) in [4.78, 5) is 21.9. The maximum atomic E-state index is 11.5. The van der Waals surface area contributed by atoms with E-state index >= 15 is 0 Å². The van der Waals surface area contributed by atoms with Gasteiger partial charge in [-0.05, 0) is 12.1 Å². The third-order valence-corrected chi connectivity index (χ3v) is 1.81. The molecule has 1 aromatic rings. The quantitative estimate of drug-likeness (QED) is 0.673. The molecular formula is C11H15N3O4. The van der Waals surface area contributed by atoms with E-state index in [2.05, 4.69) is 10.7 Å². The molecule has 3 N–H and O–H groups in total. The van der Waals surface area contributed by atoms with Crippen LogP contribution in [0.15, 0.2) is 24.3 Å². The van der Waals surface area contributed by atoms with Gasteiger partial charge in [0.25, 0.3) is 0 Å². The Kier molecular flexibility index (Phi) is 4.94. The average Bonchev–Trinajstić information content (AvgIpc) is 2.26. The lowest BCUT2D eigenvalue weighted by Gasteiger charge is -2.14. The van der Waals surface area contributed by atoms with E-state index in [1.165, 1.54) is 5.01 Å². The van der Waals surface area contributed by atoms with Crippen LogP contribution in [-0.4, -0.2) is 42.8 Å². The lowest BCUT2D eigenvalue weighted by Crippen LogP contribution is -2.39. The zero-order valence-electron chi connectivity index (χ0n) is 10.1. The molecule has 0 unspecified atom stereocenters. The summed E-state index contributed by atoms with van der Waals surface area (Å²) < 4.78 is 5.05. The summed E-state index contributed by atoms with van der Waals surface area (Å²) >= 11 is 0. The SMILES string of the molecule is CN(C)NC(=O)Nc1ccccc1OCC(=O)O. The van der Waals surface area contributed by atoms with E-state index in [9.17, 15) is 9.59 Å². The number of amides is 2. The highest BCUT2D eigenvalue weighted by molar-refractivity contribution is 5.90. The van der Waals surface area contributed by atoms with Crippen molar-refractivity contribution in [1.82, 2.24) is 10.4 Å². The van der Waals surface area contributed by atoms with Crippen LogP contribution >= 0.6 is 0 Å². The molecule has 18 heavy (non-hydrogen) atoms. The highest BCUT2D eigenvalue weighted by atomic mass is 16.5. The molecule has 1 aromatic carbocycles. The van der Waals surface area contributed by atoms with Crippen molar-refractivity contribution in [3.63, 3.8) is 0 Å². The number of urea groups is 1. The fraction of sp³-hybridized carbons (Fsp3) is 0.273. The summed E-state index contributed by atoms with van der Waals surface area (Å²) in [5.41, 5.74) is 2.90. The number of benzene rings is 1. The first-order valence-electron chi connectivity index (χ1n) is 5.17. The van der Waals surface area contributed by atoms with Crippen LogP contribution in [0.5, 0.6) is 5.75 Å². The summed E-state index contributed by atoms with van der Waals surface area (Å²) in [5.74, 6) is -0.781. The predicted molar refractivity (Wildman–Crippen MR) is 65.4 cm³/mol. The summed E-state index contributed by atoms with van der Waals surface area (Å²) in [7, 11) is 3.35. The number of para-hydroxylation sites is 2. The normalized spacial score (nSPS) is 9.94. The molecule has 0 spiro atoms. The Morgan fingerprint density at radius 3 is 2.61 bits per heavy atom. The van der Waals surface area contributed by atoms with Crippen LogP contribution in [0.4, 0.5) is 10.5 Å². The number of rotatable bonds is 5. The summed E-state index contributed by atoms with van der Waals surface area (Å²) in [5, 5.41) is 12.6. The van der Waals surface area contributed by atoms with Gasteiger partial charge in [-0.1, -0.05) is 12.1 Å². The number of hydrazine groups is 1. The minimum Gasteiger partial charge on any atom is -0.480 e. The second kappa shape index (κ2) is 6.45. The molecule has 0 aliphatic carbocycles. The van der Waals surface area contributed by atoms with Crippen molar-refractivity contribution < 1.29 is 19.4 Å². The van der Waals surface area contributed by atoms with Crippen molar-refractivity contribution in [3.8, 4) is 5.75 Å². The molecule has 7 heteroatoms. The monoisotopic (exact) mass is 253 g/mol. The number of ether oxygens (including phenoxy) is 1. The standard InChI is InChI=1S/C11H15N3O4/c1-14(2)13-11(17)12-8-5-3-4-6-9(8)18-7-10(15)16/h3-6H,7H2,1-2H3,(H,15,16)(H2,12,13,17). The summed E-state index contributed by atoms with van der Waals surface area (Å²) in [6.07, 6.45) is 0. The minimum atomic E-state index is -1.08. The molecular weight excluding hydrogens is 238 g/mol. The molecule has 0 aliphatic rings. The van der Waals surface area contributed by atoms with E-state index in [1.54, 1.807) is 38.4 Å². The third kappa shape index (κ3) is 4.71. The van der Waals surface area contributed by atoms with Crippen molar-refractivity contribution in [1.29, 1.82) is 0 Å². The Morgan fingerprint density at radius 2 is 2.00 bits per heavy atom. The van der Waals surface area contributed by atoms with Crippen LogP contribution in [0.3, 0.4) is 0 Å². The Labute approximate surface area is 104 Å². The van der Waals surface area contributed by atoms with Crippen molar-refractivity contribution in [3.05, 3.63) is 24.3 Å². The molecule has 2 amide bonds. The first kappa shape index (κ1) is 13.8. The van der Waals surface area contributed by atoms with Gasteiger partial charge in [-0.25, -0.2) is 14.6 Å². The van der Waals surface area contributed by atoms with Crippen molar-refractivity contribution in [2.45, 2.75) is 0 Å². The largest absolute Gasteiger partial charge is 0.480 e. The summed E-state index contributed by atoms with van der Waals surface area (Å²) in [6, 6.07) is 6.15. The average molecular weight is 253 g/mol. The van der Waals surface area contributed by atoms with Gasteiger partial charge in [-0.2, -0.15) is 0 Å². The maximum Gasteiger partial charge on any atom is 0.341 e. The second-order valence-electron chi connectivity index (χ2n) is 3.64. The Bertz CT molecular complexity index is 434. The number of hydrogen-bond donors (Lipinski definition) is 3. The Morgan fingerprint density at radius 1 is 1.33 bits per heavy atom. The van der Waals surface area contributed by atoms with Crippen molar-refractivity contribution in [2.24, 2.45) is 0 Å². The van der Waals surface area contributed by atoms with Gasteiger partial charge in [0.15, 0.2) is 6.61 Å². The second-order valence-corrected chi connectivity index (χ2v) is 3.64. The van der Waals surface area contributed by atoms with E-state index in [1.807, 2.05) is 0 Å². The smallest absolute Gasteiger partial charge is 0.341 e. The first-order chi connectivity index (χ1) is 8.49. The third-order valence-electron chi connectivity index (χ3n) is 1.81. The number of hydrogen-bond acceptors (Lipinski definition) is 4. The lowest BCUT2D eigenvalue weighted by atomic mass is 10.3. The van der Waals surface area contributed by atoms with Gasteiger partial charge in [-0.3, -0.25) is 5.43 Å². The van der Waals surface area contributed by atoms with Crippen molar-refractivity contribution >= 4 is 17.7 Å². The van der Waals surface area contributed by atoms with Gasteiger partial charge in [0.2, 0.25) is 0 Å². The molecule has 7 nitrogen and oxygen atoms in total. The zero-order chi connectivity index (χ0) is 13.5. The van der Waals surface area contributed by atoms with E-state index in [4.69, 9.17) is 9.84 Å². The number of aliphatic carboxylic acids is 1. The molecule has 0 radical (unpaired) electrons. The predicted octanol–water partition coefficient (Wildman–Crippen LogP) is 0.748. The van der Waals surface area contributed by atoms with Gasteiger partial charge in [-0.15, -0.1) is 0 Å². The highest BCUT2D eigenvalue weighted by Crippen LogP contribution is 2.23. The van der Waals surface area contributed by atoms with E-state index in [0.717, 1.165) is 0 Å². The Balaban J connectivity index is 2.69. The van der Waals surface area contributed by atoms with Crippen LogP contribution in [0.2, 0.25) is 0 Å². The van der Waals surface area contributed by atoms with E-state index in [-0.39, 0.29) is 0 Å². The molecule has 0 saturated carbocycles. The molecule has 0 atom stereocenters. The van der Waals surface area contributed by atoms with E-state index in [0.29, 0.717) is 11.4 Å². The number of carbonyl (C=O) groups excluding carboxylic acids is 1.